The van der Waals surface area contributed by atoms with E-state index in [0.717, 1.165) is 38.5 Å². The molecule has 8 nitrogen and oxygen atoms in total. The molecule has 0 heterocycles. The van der Waals surface area contributed by atoms with E-state index in [-0.39, 0.29) is 32.3 Å². The molecule has 0 aliphatic heterocycles. The van der Waals surface area contributed by atoms with E-state index in [4.69, 9.17) is 24.3 Å². The fraction of sp³-hybridized carbons (Fsp3) is 0.884. The van der Waals surface area contributed by atoms with Gasteiger partial charge in [0, 0.05) is 13.0 Å². The molecule has 0 saturated heterocycles. The van der Waals surface area contributed by atoms with Crippen molar-refractivity contribution < 1.29 is 32.8 Å². The van der Waals surface area contributed by atoms with Gasteiger partial charge in [0.15, 0.2) is 6.10 Å². The van der Waals surface area contributed by atoms with Crippen LogP contribution >= 0.6 is 7.82 Å². The lowest BCUT2D eigenvalue weighted by atomic mass is 10.0. The maximum atomic E-state index is 12.6. The minimum absolute atomic E-state index is 0.0351. The van der Waals surface area contributed by atoms with Gasteiger partial charge >= 0.3 is 13.8 Å². The van der Waals surface area contributed by atoms with Gasteiger partial charge < -0.3 is 20.1 Å². The van der Waals surface area contributed by atoms with E-state index in [1.807, 2.05) is 12.2 Å². The number of hydrogen-bond donors (Lipinski definition) is 2. The van der Waals surface area contributed by atoms with Crippen LogP contribution in [0.4, 0.5) is 0 Å². The predicted octanol–water partition coefficient (Wildman–Crippen LogP) is 13.2. The molecule has 0 bridgehead atoms. The monoisotopic (exact) mass is 758 g/mol. The standard InChI is InChI=1S/C43H84NO7P/c1-3-5-7-9-11-13-15-17-19-20-21-23-25-27-29-31-33-35-38-48-40-42(41-50-52(46,47)49-39-37-44)51-43(45)36-34-32-30-28-26-24-22-18-16-14-12-10-8-6-4-2/h4,35,38,42H,2-3,5-34,36-37,39-41,44H2,1H3,(H,46,47)/b38-35+/t42-/m1/s1. The van der Waals surface area contributed by atoms with Gasteiger partial charge in [0.2, 0.25) is 0 Å². The molecule has 0 amide bonds. The van der Waals surface area contributed by atoms with Gasteiger partial charge in [0.25, 0.3) is 0 Å². The van der Waals surface area contributed by atoms with Crippen LogP contribution < -0.4 is 5.73 Å². The van der Waals surface area contributed by atoms with Crippen molar-refractivity contribution in [2.24, 2.45) is 5.73 Å². The molecule has 0 aromatic rings. The number of unbranched alkanes of at least 4 members (excludes halogenated alkanes) is 29. The maximum absolute atomic E-state index is 12.6. The quantitative estimate of drug-likeness (QED) is 0.0207. The molecule has 0 aromatic heterocycles. The summed E-state index contributed by atoms with van der Waals surface area (Å²) in [5.41, 5.74) is 5.36. The molecule has 0 aliphatic carbocycles. The number of allylic oxidation sites excluding steroid dienone is 2. The third kappa shape index (κ3) is 40.0. The van der Waals surface area contributed by atoms with E-state index in [1.165, 1.54) is 161 Å². The molecule has 3 N–H and O–H groups in total. The normalized spacial score (nSPS) is 13.4. The minimum Gasteiger partial charge on any atom is -0.498 e. The second-order valence-corrected chi connectivity index (χ2v) is 16.2. The van der Waals surface area contributed by atoms with Crippen molar-refractivity contribution in [3.63, 3.8) is 0 Å². The average molecular weight is 758 g/mol. The second-order valence-electron chi connectivity index (χ2n) is 14.7. The molecule has 0 rings (SSSR count). The van der Waals surface area contributed by atoms with Gasteiger partial charge in [0.05, 0.1) is 19.5 Å². The number of carbonyl (C=O) groups is 1. The summed E-state index contributed by atoms with van der Waals surface area (Å²) in [4.78, 5) is 22.4. The summed E-state index contributed by atoms with van der Waals surface area (Å²) in [6.45, 7) is 5.78. The van der Waals surface area contributed by atoms with Crippen LogP contribution in [0.15, 0.2) is 25.0 Å². The molecule has 0 aromatic carbocycles. The molecule has 0 radical (unpaired) electrons. The zero-order valence-electron chi connectivity index (χ0n) is 33.9. The van der Waals surface area contributed by atoms with Crippen LogP contribution in [0.5, 0.6) is 0 Å². The maximum Gasteiger partial charge on any atom is 0.472 e. The molecule has 0 aliphatic rings. The number of ether oxygens (including phenoxy) is 2. The van der Waals surface area contributed by atoms with Crippen LogP contribution in [0.3, 0.4) is 0 Å². The Hall–Kier alpha value is -1.18. The molecule has 0 saturated carbocycles. The Bertz CT molecular complexity index is 840. The summed E-state index contributed by atoms with van der Waals surface area (Å²) >= 11 is 0. The first-order valence-electron chi connectivity index (χ1n) is 21.8. The van der Waals surface area contributed by atoms with Crippen LogP contribution in [0.2, 0.25) is 0 Å². The molecule has 2 atom stereocenters. The lowest BCUT2D eigenvalue weighted by Gasteiger charge is -2.19. The van der Waals surface area contributed by atoms with E-state index in [2.05, 4.69) is 13.5 Å². The van der Waals surface area contributed by atoms with Crippen molar-refractivity contribution in [1.29, 1.82) is 0 Å². The summed E-state index contributed by atoms with van der Waals surface area (Å²) in [5.74, 6) is -0.352. The Kier molecular flexibility index (Phi) is 40.1. The van der Waals surface area contributed by atoms with Gasteiger partial charge in [-0.3, -0.25) is 13.8 Å². The fourth-order valence-electron chi connectivity index (χ4n) is 6.36. The highest BCUT2D eigenvalue weighted by Gasteiger charge is 2.25. The third-order valence-corrected chi connectivity index (χ3v) is 10.6. The largest absolute Gasteiger partial charge is 0.498 e. The van der Waals surface area contributed by atoms with Gasteiger partial charge in [-0.2, -0.15) is 0 Å². The summed E-state index contributed by atoms with van der Waals surface area (Å²) in [5, 5.41) is 0. The SMILES string of the molecule is C=CCCCCCCCCCCCCCCCC(=O)O[C@H](CO/C=C/CCCCCCCCCCCCCCCCCC)COP(=O)(O)OCCN. The summed E-state index contributed by atoms with van der Waals surface area (Å²) in [6, 6.07) is 0. The van der Waals surface area contributed by atoms with Gasteiger partial charge in [-0.15, -0.1) is 6.58 Å². The highest BCUT2D eigenvalue weighted by molar-refractivity contribution is 7.47. The lowest BCUT2D eigenvalue weighted by molar-refractivity contribution is -0.153. The first-order chi connectivity index (χ1) is 25.4. The number of nitrogens with two attached hydrogens (primary N) is 1. The number of esters is 1. The third-order valence-electron chi connectivity index (χ3n) is 9.58. The van der Waals surface area contributed by atoms with Crippen molar-refractivity contribution in [2.75, 3.05) is 26.4 Å². The number of rotatable bonds is 43. The predicted molar refractivity (Wildman–Crippen MR) is 219 cm³/mol. The number of carbonyl (C=O) groups excluding carboxylic acids is 1. The molecule has 0 spiro atoms. The van der Waals surface area contributed by atoms with E-state index >= 15 is 0 Å². The van der Waals surface area contributed by atoms with Crippen molar-refractivity contribution >= 4 is 13.8 Å². The molecule has 52 heavy (non-hydrogen) atoms. The van der Waals surface area contributed by atoms with Crippen molar-refractivity contribution in [3.05, 3.63) is 25.0 Å². The number of hydrogen-bond acceptors (Lipinski definition) is 7. The number of phosphoric acid groups is 1. The van der Waals surface area contributed by atoms with E-state index < -0.39 is 13.9 Å². The first kappa shape index (κ1) is 50.8. The van der Waals surface area contributed by atoms with Crippen LogP contribution in [0.1, 0.15) is 212 Å². The molecular weight excluding hydrogens is 673 g/mol. The Labute approximate surface area is 321 Å². The van der Waals surface area contributed by atoms with Crippen molar-refractivity contribution in [1.82, 2.24) is 0 Å². The summed E-state index contributed by atoms with van der Waals surface area (Å²) < 4.78 is 33.2. The van der Waals surface area contributed by atoms with Gasteiger partial charge in [0.1, 0.15) is 6.61 Å². The van der Waals surface area contributed by atoms with Crippen molar-refractivity contribution in [3.8, 4) is 0 Å². The second kappa shape index (κ2) is 41.0. The smallest absolute Gasteiger partial charge is 0.472 e. The lowest BCUT2D eigenvalue weighted by Crippen LogP contribution is -2.27. The molecular formula is C43H84NO7P. The Morgan fingerprint density at radius 2 is 1.06 bits per heavy atom. The fourth-order valence-corrected chi connectivity index (χ4v) is 7.12. The van der Waals surface area contributed by atoms with Crippen LogP contribution in [-0.4, -0.2) is 43.3 Å². The van der Waals surface area contributed by atoms with Gasteiger partial charge in [-0.05, 0) is 38.2 Å². The Morgan fingerprint density at radius 1 is 0.635 bits per heavy atom. The van der Waals surface area contributed by atoms with Crippen LogP contribution in [0.25, 0.3) is 0 Å². The van der Waals surface area contributed by atoms with Crippen LogP contribution in [0, 0.1) is 0 Å². The minimum atomic E-state index is -4.29. The number of phosphoric ester groups is 1. The Balaban J connectivity index is 4.02. The summed E-state index contributed by atoms with van der Waals surface area (Å²) in [6.07, 6.45) is 44.7. The van der Waals surface area contributed by atoms with Gasteiger partial charge in [-0.25, -0.2) is 4.57 Å². The van der Waals surface area contributed by atoms with E-state index in [0.29, 0.717) is 6.42 Å². The average Bonchev–Trinajstić information content (AvgIpc) is 3.13. The van der Waals surface area contributed by atoms with E-state index in [1.54, 1.807) is 6.26 Å². The summed E-state index contributed by atoms with van der Waals surface area (Å²) in [7, 11) is -4.29. The Morgan fingerprint density at radius 3 is 1.50 bits per heavy atom. The molecule has 0 fully saturated rings. The molecule has 1 unspecified atom stereocenters. The van der Waals surface area contributed by atoms with Crippen LogP contribution in [-0.2, 0) is 27.9 Å². The van der Waals surface area contributed by atoms with E-state index in [9.17, 15) is 14.3 Å². The topological polar surface area (TPSA) is 117 Å². The van der Waals surface area contributed by atoms with Crippen molar-refractivity contribution in [2.45, 2.75) is 218 Å². The molecule has 9 heteroatoms. The first-order valence-corrected chi connectivity index (χ1v) is 23.3. The van der Waals surface area contributed by atoms with Gasteiger partial charge in [-0.1, -0.05) is 180 Å². The zero-order valence-corrected chi connectivity index (χ0v) is 34.8. The highest BCUT2D eigenvalue weighted by atomic mass is 31.2. The zero-order chi connectivity index (χ0) is 38.1. The highest BCUT2D eigenvalue weighted by Crippen LogP contribution is 2.43. The molecule has 308 valence electrons.